The van der Waals surface area contributed by atoms with Crippen LogP contribution in [-0.4, -0.2) is 28.6 Å². The van der Waals surface area contributed by atoms with Gasteiger partial charge >= 0.3 is 0 Å². The molecule has 116 valence electrons. The van der Waals surface area contributed by atoms with Gasteiger partial charge in [0.25, 0.3) is 5.91 Å². The van der Waals surface area contributed by atoms with Crippen LogP contribution in [0, 0.1) is 0 Å². The monoisotopic (exact) mass is 300 g/mol. The summed E-state index contributed by atoms with van der Waals surface area (Å²) in [4.78, 5) is 16.1. The number of hydrogen-bond donors (Lipinski definition) is 2. The van der Waals surface area contributed by atoms with Gasteiger partial charge in [-0.2, -0.15) is 0 Å². The molecule has 1 amide bonds. The van der Waals surface area contributed by atoms with Gasteiger partial charge in [0.2, 0.25) is 0 Å². The van der Waals surface area contributed by atoms with Gasteiger partial charge in [-0.3, -0.25) is 9.78 Å². The van der Waals surface area contributed by atoms with Crippen molar-refractivity contribution < 1.29 is 14.6 Å². The highest BCUT2D eigenvalue weighted by atomic mass is 16.5. The molecule has 0 radical (unpaired) electrons. The molecule has 2 N–H and O–H groups in total. The molecule has 2 aromatic rings. The number of aliphatic hydroxyl groups excluding tert-OH is 1. The molecule has 5 heteroatoms. The molecule has 1 atom stereocenters. The first-order chi connectivity index (χ1) is 10.7. The number of nitrogens with one attached hydrogen (secondary N) is 1. The summed E-state index contributed by atoms with van der Waals surface area (Å²) in [7, 11) is 0. The molecule has 0 saturated carbocycles. The molecule has 2 rings (SSSR count). The van der Waals surface area contributed by atoms with Gasteiger partial charge in [-0.1, -0.05) is 12.1 Å². The lowest BCUT2D eigenvalue weighted by Crippen LogP contribution is -2.33. The Labute approximate surface area is 130 Å². The predicted octanol–water partition coefficient (Wildman–Crippen LogP) is 2.16. The van der Waals surface area contributed by atoms with Crippen molar-refractivity contribution >= 4 is 5.91 Å². The second-order valence-corrected chi connectivity index (χ2v) is 5.06. The van der Waals surface area contributed by atoms with Gasteiger partial charge in [0.05, 0.1) is 0 Å². The second-order valence-electron chi connectivity index (χ2n) is 5.06. The van der Waals surface area contributed by atoms with Crippen LogP contribution >= 0.6 is 0 Å². The van der Waals surface area contributed by atoms with E-state index in [0.29, 0.717) is 24.3 Å². The summed E-state index contributed by atoms with van der Waals surface area (Å²) in [5, 5.41) is 11.7. The fourth-order valence-electron chi connectivity index (χ4n) is 1.95. The number of nitrogens with zero attached hydrogens (tertiary/aromatic N) is 1. The van der Waals surface area contributed by atoms with E-state index in [2.05, 4.69) is 10.3 Å². The molecule has 1 aromatic carbocycles. The van der Waals surface area contributed by atoms with Crippen molar-refractivity contribution in [3.05, 3.63) is 59.9 Å². The van der Waals surface area contributed by atoms with E-state index < -0.39 is 0 Å². The zero-order chi connectivity index (χ0) is 15.8. The van der Waals surface area contributed by atoms with Crippen molar-refractivity contribution in [3.63, 3.8) is 0 Å². The third-order valence-corrected chi connectivity index (χ3v) is 3.16. The maximum absolute atomic E-state index is 12.1. The van der Waals surface area contributed by atoms with Gasteiger partial charge < -0.3 is 15.2 Å². The van der Waals surface area contributed by atoms with Crippen molar-refractivity contribution in [2.75, 3.05) is 6.61 Å². The standard InChI is InChI=1S/C17H20N2O3/c1-13(7-9-20)19-17(21)15-5-2-6-16(10-15)22-12-14-4-3-8-18-11-14/h2-6,8,10-11,13,20H,7,9,12H2,1H3,(H,19,21). The molecule has 1 heterocycles. The molecular formula is C17H20N2O3. The maximum atomic E-state index is 12.1. The summed E-state index contributed by atoms with van der Waals surface area (Å²) in [6.07, 6.45) is 3.98. The smallest absolute Gasteiger partial charge is 0.251 e. The van der Waals surface area contributed by atoms with E-state index in [1.807, 2.05) is 25.1 Å². The molecule has 1 aromatic heterocycles. The number of carbonyl (C=O) groups is 1. The summed E-state index contributed by atoms with van der Waals surface area (Å²) in [5.41, 5.74) is 1.50. The molecule has 0 saturated heterocycles. The van der Waals surface area contributed by atoms with E-state index in [-0.39, 0.29) is 18.6 Å². The van der Waals surface area contributed by atoms with Crippen LogP contribution in [-0.2, 0) is 6.61 Å². The molecule has 0 aliphatic carbocycles. The molecule has 0 aliphatic rings. The summed E-state index contributed by atoms with van der Waals surface area (Å²) >= 11 is 0. The Morgan fingerprint density at radius 3 is 2.95 bits per heavy atom. The minimum Gasteiger partial charge on any atom is -0.489 e. The van der Waals surface area contributed by atoms with Crippen LogP contribution in [0.5, 0.6) is 5.75 Å². The van der Waals surface area contributed by atoms with E-state index in [9.17, 15) is 4.79 Å². The van der Waals surface area contributed by atoms with Crippen LogP contribution in [0.1, 0.15) is 29.3 Å². The van der Waals surface area contributed by atoms with Crippen LogP contribution in [0.4, 0.5) is 0 Å². The van der Waals surface area contributed by atoms with Crippen molar-refractivity contribution in [1.29, 1.82) is 0 Å². The van der Waals surface area contributed by atoms with Crippen LogP contribution in [0.15, 0.2) is 48.8 Å². The number of aliphatic hydroxyl groups is 1. The Hall–Kier alpha value is -2.40. The Kier molecular flexibility index (Phi) is 5.91. The van der Waals surface area contributed by atoms with Gasteiger partial charge in [-0.05, 0) is 37.6 Å². The third-order valence-electron chi connectivity index (χ3n) is 3.16. The normalized spacial score (nSPS) is 11.7. The topological polar surface area (TPSA) is 71.5 Å². The average Bonchev–Trinajstić information content (AvgIpc) is 2.54. The van der Waals surface area contributed by atoms with Crippen LogP contribution < -0.4 is 10.1 Å². The first-order valence-electron chi connectivity index (χ1n) is 7.22. The van der Waals surface area contributed by atoms with Gasteiger partial charge in [-0.25, -0.2) is 0 Å². The van der Waals surface area contributed by atoms with Crippen LogP contribution in [0.3, 0.4) is 0 Å². The van der Waals surface area contributed by atoms with E-state index in [4.69, 9.17) is 9.84 Å². The fourth-order valence-corrected chi connectivity index (χ4v) is 1.95. The first kappa shape index (κ1) is 16.0. The van der Waals surface area contributed by atoms with Gasteiger partial charge in [0.1, 0.15) is 12.4 Å². The minimum atomic E-state index is -0.173. The highest BCUT2D eigenvalue weighted by molar-refractivity contribution is 5.94. The molecule has 5 nitrogen and oxygen atoms in total. The highest BCUT2D eigenvalue weighted by Crippen LogP contribution is 2.15. The van der Waals surface area contributed by atoms with Crippen LogP contribution in [0.25, 0.3) is 0 Å². The molecule has 1 unspecified atom stereocenters. The molecule has 0 bridgehead atoms. The Bertz CT molecular complexity index is 602. The largest absolute Gasteiger partial charge is 0.489 e. The van der Waals surface area contributed by atoms with Gasteiger partial charge in [0.15, 0.2) is 0 Å². The Morgan fingerprint density at radius 2 is 2.23 bits per heavy atom. The third kappa shape index (κ3) is 4.86. The van der Waals surface area contributed by atoms with E-state index in [1.54, 1.807) is 30.6 Å². The summed E-state index contributed by atoms with van der Waals surface area (Å²) < 4.78 is 5.68. The maximum Gasteiger partial charge on any atom is 0.251 e. The van der Waals surface area contributed by atoms with Gasteiger partial charge in [-0.15, -0.1) is 0 Å². The molecule has 0 spiro atoms. The lowest BCUT2D eigenvalue weighted by atomic mass is 10.1. The van der Waals surface area contributed by atoms with Crippen molar-refractivity contribution in [2.45, 2.75) is 26.0 Å². The number of carbonyl (C=O) groups excluding carboxylic acids is 1. The number of hydrogen-bond acceptors (Lipinski definition) is 4. The second kappa shape index (κ2) is 8.14. The van der Waals surface area contributed by atoms with Gasteiger partial charge in [0, 0.05) is 36.2 Å². The Morgan fingerprint density at radius 1 is 1.36 bits per heavy atom. The van der Waals surface area contributed by atoms with Crippen molar-refractivity contribution in [3.8, 4) is 5.75 Å². The first-order valence-corrected chi connectivity index (χ1v) is 7.22. The molecule has 22 heavy (non-hydrogen) atoms. The minimum absolute atomic E-state index is 0.0513. The summed E-state index contributed by atoms with van der Waals surface area (Å²) in [6.45, 7) is 2.31. The zero-order valence-electron chi connectivity index (χ0n) is 12.5. The number of aromatic nitrogens is 1. The molecule has 0 fully saturated rings. The summed E-state index contributed by atoms with van der Waals surface area (Å²) in [6, 6.07) is 10.7. The number of amides is 1. The zero-order valence-corrected chi connectivity index (χ0v) is 12.5. The highest BCUT2D eigenvalue weighted by Gasteiger charge is 2.10. The lowest BCUT2D eigenvalue weighted by molar-refractivity contribution is 0.0934. The quantitative estimate of drug-likeness (QED) is 0.822. The number of pyridine rings is 1. The van der Waals surface area contributed by atoms with E-state index in [1.165, 1.54) is 0 Å². The predicted molar refractivity (Wildman–Crippen MR) is 83.6 cm³/mol. The van der Waals surface area contributed by atoms with Crippen molar-refractivity contribution in [2.24, 2.45) is 0 Å². The number of ether oxygens (including phenoxy) is 1. The molecule has 0 aliphatic heterocycles. The van der Waals surface area contributed by atoms with E-state index in [0.717, 1.165) is 5.56 Å². The van der Waals surface area contributed by atoms with Crippen LogP contribution in [0.2, 0.25) is 0 Å². The molecular weight excluding hydrogens is 280 g/mol. The van der Waals surface area contributed by atoms with E-state index >= 15 is 0 Å². The lowest BCUT2D eigenvalue weighted by Gasteiger charge is -2.13. The summed E-state index contributed by atoms with van der Waals surface area (Å²) in [5.74, 6) is 0.457. The fraction of sp³-hybridized carbons (Fsp3) is 0.294. The Balaban J connectivity index is 1.96. The number of benzene rings is 1. The SMILES string of the molecule is CC(CCO)NC(=O)c1cccc(OCc2cccnc2)c1. The average molecular weight is 300 g/mol. The number of rotatable bonds is 7. The van der Waals surface area contributed by atoms with Crippen molar-refractivity contribution in [1.82, 2.24) is 10.3 Å².